The molecule has 5 heteroatoms. The van der Waals surface area contributed by atoms with Gasteiger partial charge in [0.1, 0.15) is 17.9 Å². The van der Waals surface area contributed by atoms with E-state index >= 15 is 0 Å². The summed E-state index contributed by atoms with van der Waals surface area (Å²) in [5.74, 6) is 1.60. The van der Waals surface area contributed by atoms with Crippen LogP contribution in [0, 0.1) is 6.92 Å². The van der Waals surface area contributed by atoms with Gasteiger partial charge < -0.3 is 10.5 Å². The summed E-state index contributed by atoms with van der Waals surface area (Å²) >= 11 is 3.40. The number of rotatable bonds is 2. The number of anilines is 1. The van der Waals surface area contributed by atoms with Gasteiger partial charge in [0, 0.05) is 0 Å². The Morgan fingerprint density at radius 2 is 2.00 bits per heavy atom. The first-order chi connectivity index (χ1) is 7.68. The number of hydrogen-bond donors (Lipinski definition) is 1. The number of nitrogens with two attached hydrogens (primary N) is 1. The summed E-state index contributed by atoms with van der Waals surface area (Å²) in [6, 6.07) is 7.55. The lowest BCUT2D eigenvalue weighted by Gasteiger charge is -2.09. The van der Waals surface area contributed by atoms with E-state index in [2.05, 4.69) is 25.9 Å². The van der Waals surface area contributed by atoms with Crippen molar-refractivity contribution in [1.82, 2.24) is 9.97 Å². The van der Waals surface area contributed by atoms with Crippen molar-refractivity contribution in [1.29, 1.82) is 0 Å². The zero-order chi connectivity index (χ0) is 11.5. The molecule has 0 aliphatic heterocycles. The molecule has 2 aromatic rings. The van der Waals surface area contributed by atoms with Gasteiger partial charge >= 0.3 is 0 Å². The van der Waals surface area contributed by atoms with Crippen molar-refractivity contribution >= 4 is 21.7 Å². The minimum absolute atomic E-state index is 0.428. The van der Waals surface area contributed by atoms with Crippen molar-refractivity contribution < 1.29 is 4.74 Å². The highest BCUT2D eigenvalue weighted by molar-refractivity contribution is 9.10. The van der Waals surface area contributed by atoms with Gasteiger partial charge in [0.05, 0.1) is 10.0 Å². The van der Waals surface area contributed by atoms with E-state index in [4.69, 9.17) is 10.5 Å². The van der Waals surface area contributed by atoms with Crippen LogP contribution in [-0.4, -0.2) is 9.97 Å². The van der Waals surface area contributed by atoms with Crippen molar-refractivity contribution in [2.24, 2.45) is 0 Å². The first-order valence-electron chi connectivity index (χ1n) is 4.68. The molecule has 0 amide bonds. The van der Waals surface area contributed by atoms with Crippen LogP contribution in [0.3, 0.4) is 0 Å². The number of para-hydroxylation sites is 1. The standard InChI is InChI=1S/C11H10BrN3O/c1-7-10(13)14-6-15-11(7)16-9-5-3-2-4-8(9)12/h2-6H,1H3,(H2,13,14,15). The Kier molecular flexibility index (Phi) is 3.05. The molecule has 0 aliphatic rings. The molecule has 1 heterocycles. The van der Waals surface area contributed by atoms with Crippen LogP contribution in [0.4, 0.5) is 5.82 Å². The van der Waals surface area contributed by atoms with Crippen molar-refractivity contribution in [2.45, 2.75) is 6.92 Å². The first kappa shape index (κ1) is 10.9. The number of nitrogens with zero attached hydrogens (tertiary/aromatic N) is 2. The van der Waals surface area contributed by atoms with Gasteiger partial charge in [-0.2, -0.15) is 0 Å². The Morgan fingerprint density at radius 3 is 2.75 bits per heavy atom. The summed E-state index contributed by atoms with van der Waals surface area (Å²) in [4.78, 5) is 7.92. The third-order valence-electron chi connectivity index (χ3n) is 2.12. The second-order valence-electron chi connectivity index (χ2n) is 3.22. The van der Waals surface area contributed by atoms with E-state index in [1.807, 2.05) is 31.2 Å². The molecule has 0 bridgehead atoms. The summed E-state index contributed by atoms with van der Waals surface area (Å²) in [7, 11) is 0. The highest BCUT2D eigenvalue weighted by Crippen LogP contribution is 2.30. The van der Waals surface area contributed by atoms with Crippen LogP contribution in [0.25, 0.3) is 0 Å². The van der Waals surface area contributed by atoms with E-state index in [-0.39, 0.29) is 0 Å². The molecule has 0 saturated carbocycles. The first-order valence-corrected chi connectivity index (χ1v) is 5.47. The monoisotopic (exact) mass is 279 g/mol. The lowest BCUT2D eigenvalue weighted by atomic mass is 10.3. The van der Waals surface area contributed by atoms with Crippen LogP contribution in [0.5, 0.6) is 11.6 Å². The summed E-state index contributed by atoms with van der Waals surface area (Å²) in [5.41, 5.74) is 6.40. The molecule has 2 N–H and O–H groups in total. The molecule has 0 unspecified atom stereocenters. The van der Waals surface area contributed by atoms with Gasteiger partial charge in [-0.1, -0.05) is 12.1 Å². The number of benzene rings is 1. The molecule has 0 aliphatic carbocycles. The van der Waals surface area contributed by atoms with E-state index in [0.717, 1.165) is 10.0 Å². The minimum Gasteiger partial charge on any atom is -0.437 e. The topological polar surface area (TPSA) is 61.0 Å². The number of halogens is 1. The third kappa shape index (κ3) is 2.14. The van der Waals surface area contributed by atoms with Crippen molar-refractivity contribution in [3.8, 4) is 11.6 Å². The Balaban J connectivity index is 2.35. The largest absolute Gasteiger partial charge is 0.437 e. The van der Waals surface area contributed by atoms with Crippen LogP contribution < -0.4 is 10.5 Å². The molecule has 0 atom stereocenters. The molecule has 1 aromatic heterocycles. The lowest BCUT2D eigenvalue weighted by Crippen LogP contribution is -1.99. The van der Waals surface area contributed by atoms with Crippen molar-refractivity contribution in [2.75, 3.05) is 5.73 Å². The van der Waals surface area contributed by atoms with Crippen LogP contribution in [0.1, 0.15) is 5.56 Å². The summed E-state index contributed by atoms with van der Waals surface area (Å²) in [5, 5.41) is 0. The van der Waals surface area contributed by atoms with Gasteiger partial charge in [-0.15, -0.1) is 0 Å². The fourth-order valence-electron chi connectivity index (χ4n) is 1.18. The highest BCUT2D eigenvalue weighted by Gasteiger charge is 2.08. The average molecular weight is 280 g/mol. The van der Waals surface area contributed by atoms with E-state index in [1.165, 1.54) is 6.33 Å². The molecular weight excluding hydrogens is 270 g/mol. The second-order valence-corrected chi connectivity index (χ2v) is 4.08. The van der Waals surface area contributed by atoms with Gasteiger partial charge in [0.15, 0.2) is 0 Å². The zero-order valence-corrected chi connectivity index (χ0v) is 10.2. The fraction of sp³-hybridized carbons (Fsp3) is 0.0909. The fourth-order valence-corrected chi connectivity index (χ4v) is 1.55. The van der Waals surface area contributed by atoms with Crippen LogP contribution in [0.15, 0.2) is 35.1 Å². The molecule has 0 radical (unpaired) electrons. The zero-order valence-electron chi connectivity index (χ0n) is 8.64. The van der Waals surface area contributed by atoms with E-state index in [9.17, 15) is 0 Å². The molecule has 1 aromatic carbocycles. The summed E-state index contributed by atoms with van der Waals surface area (Å²) < 4.78 is 6.51. The van der Waals surface area contributed by atoms with E-state index < -0.39 is 0 Å². The Hall–Kier alpha value is -1.62. The Bertz CT molecular complexity index is 516. The molecule has 4 nitrogen and oxygen atoms in total. The number of hydrogen-bond acceptors (Lipinski definition) is 4. The molecule has 0 spiro atoms. The number of nitrogen functional groups attached to an aromatic ring is 1. The van der Waals surface area contributed by atoms with Crippen molar-refractivity contribution in [3.05, 3.63) is 40.6 Å². The lowest BCUT2D eigenvalue weighted by molar-refractivity contribution is 0.455. The SMILES string of the molecule is Cc1c(N)ncnc1Oc1ccccc1Br. The minimum atomic E-state index is 0.428. The maximum atomic E-state index is 5.67. The quantitative estimate of drug-likeness (QED) is 0.918. The third-order valence-corrected chi connectivity index (χ3v) is 2.78. The Morgan fingerprint density at radius 1 is 1.25 bits per heavy atom. The molecular formula is C11H10BrN3O. The van der Waals surface area contributed by atoms with Gasteiger partial charge in [-0.3, -0.25) is 0 Å². The summed E-state index contributed by atoms with van der Waals surface area (Å²) in [6.45, 7) is 1.82. The molecule has 0 saturated heterocycles. The van der Waals surface area contributed by atoms with Crippen LogP contribution in [-0.2, 0) is 0 Å². The van der Waals surface area contributed by atoms with Gasteiger partial charge in [0.2, 0.25) is 5.88 Å². The van der Waals surface area contributed by atoms with Crippen LogP contribution in [0.2, 0.25) is 0 Å². The predicted octanol–water partition coefficient (Wildman–Crippen LogP) is 2.92. The molecule has 16 heavy (non-hydrogen) atoms. The maximum Gasteiger partial charge on any atom is 0.227 e. The predicted molar refractivity (Wildman–Crippen MR) is 65.4 cm³/mol. The molecule has 82 valence electrons. The van der Waals surface area contributed by atoms with Crippen LogP contribution >= 0.6 is 15.9 Å². The smallest absolute Gasteiger partial charge is 0.227 e. The van der Waals surface area contributed by atoms with Gasteiger partial charge in [-0.05, 0) is 35.0 Å². The Labute approximate surface area is 102 Å². The highest BCUT2D eigenvalue weighted by atomic mass is 79.9. The summed E-state index contributed by atoms with van der Waals surface area (Å²) in [6.07, 6.45) is 1.38. The van der Waals surface area contributed by atoms with E-state index in [0.29, 0.717) is 17.4 Å². The number of ether oxygens (including phenoxy) is 1. The van der Waals surface area contributed by atoms with Gasteiger partial charge in [-0.25, -0.2) is 9.97 Å². The van der Waals surface area contributed by atoms with Gasteiger partial charge in [0.25, 0.3) is 0 Å². The number of aromatic nitrogens is 2. The second kappa shape index (κ2) is 4.49. The average Bonchev–Trinajstić information content (AvgIpc) is 2.28. The molecule has 0 fully saturated rings. The molecule has 2 rings (SSSR count). The van der Waals surface area contributed by atoms with Crippen molar-refractivity contribution in [3.63, 3.8) is 0 Å². The normalized spacial score (nSPS) is 10.1. The van der Waals surface area contributed by atoms with E-state index in [1.54, 1.807) is 0 Å². The maximum absolute atomic E-state index is 5.67.